The molecule has 1 aromatic carbocycles. The van der Waals surface area contributed by atoms with Gasteiger partial charge in [0.05, 0.1) is 5.56 Å². The fourth-order valence-electron chi connectivity index (χ4n) is 1.27. The number of benzene rings is 1. The third kappa shape index (κ3) is 2.95. The first-order chi connectivity index (χ1) is 7.94. The summed E-state index contributed by atoms with van der Waals surface area (Å²) in [6.45, 7) is 1.01. The largest absolute Gasteiger partial charge is 0.454 e. The van der Waals surface area contributed by atoms with Crippen molar-refractivity contribution in [3.05, 3.63) is 33.8 Å². The van der Waals surface area contributed by atoms with Crippen LogP contribution in [0.15, 0.2) is 12.1 Å². The van der Waals surface area contributed by atoms with Crippen molar-refractivity contribution in [1.82, 2.24) is 0 Å². The molecule has 18 heavy (non-hydrogen) atoms. The van der Waals surface area contributed by atoms with Gasteiger partial charge in [0.1, 0.15) is 0 Å². The van der Waals surface area contributed by atoms with Gasteiger partial charge in [0.25, 0.3) is 5.78 Å². The maximum Gasteiger partial charge on any atom is 0.454 e. The Balaban J connectivity index is 3.43. The van der Waals surface area contributed by atoms with Crippen molar-refractivity contribution in [2.45, 2.75) is 19.3 Å². The Hall–Kier alpha value is -1.24. The number of ketones is 1. The van der Waals surface area contributed by atoms with Crippen molar-refractivity contribution in [3.8, 4) is 0 Å². The topological polar surface area (TPSA) is 17.1 Å². The number of carbonyl (C=O) groups is 1. The minimum atomic E-state index is -5.25. The molecule has 0 amide bonds. The third-order valence-corrected chi connectivity index (χ3v) is 2.56. The van der Waals surface area contributed by atoms with Crippen molar-refractivity contribution >= 4 is 17.4 Å². The average molecular weight is 291 g/mol. The number of alkyl halides is 6. The monoisotopic (exact) mass is 290 g/mol. The Morgan fingerprint density at radius 3 is 2.00 bits per heavy atom. The SMILES string of the molecule is Cc1c(Cl)cc(C(=O)C(F)(F)F)cc1C(F)(F)F. The second kappa shape index (κ2) is 4.46. The van der Waals surface area contributed by atoms with E-state index in [9.17, 15) is 31.1 Å². The molecule has 0 atom stereocenters. The zero-order valence-corrected chi connectivity index (χ0v) is 9.46. The lowest BCUT2D eigenvalue weighted by Gasteiger charge is -2.14. The molecule has 0 bridgehead atoms. The number of Topliss-reactive ketones (excluding diaryl/α,β-unsaturated/α-hetero) is 1. The van der Waals surface area contributed by atoms with Gasteiger partial charge in [-0.2, -0.15) is 26.3 Å². The first kappa shape index (κ1) is 14.8. The molecule has 0 fully saturated rings. The highest BCUT2D eigenvalue weighted by Gasteiger charge is 2.41. The number of rotatable bonds is 1. The summed E-state index contributed by atoms with van der Waals surface area (Å²) in [5, 5.41) is -0.544. The van der Waals surface area contributed by atoms with E-state index in [1.54, 1.807) is 0 Å². The smallest absolute Gasteiger partial charge is 0.284 e. The van der Waals surface area contributed by atoms with Crippen molar-refractivity contribution in [2.24, 2.45) is 0 Å². The Morgan fingerprint density at radius 2 is 1.61 bits per heavy atom. The number of hydrogen-bond donors (Lipinski definition) is 0. The van der Waals surface area contributed by atoms with Gasteiger partial charge < -0.3 is 0 Å². The predicted octanol–water partition coefficient (Wildman–Crippen LogP) is 4.41. The molecule has 1 rings (SSSR count). The molecule has 0 aromatic heterocycles. The average Bonchev–Trinajstić information content (AvgIpc) is 2.17. The van der Waals surface area contributed by atoms with E-state index < -0.39 is 39.8 Å². The number of hydrogen-bond acceptors (Lipinski definition) is 1. The molecule has 1 aromatic rings. The molecule has 0 spiro atoms. The number of halogens is 7. The van der Waals surface area contributed by atoms with Crippen LogP contribution < -0.4 is 0 Å². The van der Waals surface area contributed by atoms with Gasteiger partial charge in [-0.1, -0.05) is 11.6 Å². The van der Waals surface area contributed by atoms with E-state index in [-0.39, 0.29) is 6.07 Å². The minimum absolute atomic E-state index is 0.150. The highest BCUT2D eigenvalue weighted by Crippen LogP contribution is 2.36. The number of carbonyl (C=O) groups excluding carboxylic acids is 1. The lowest BCUT2D eigenvalue weighted by Crippen LogP contribution is -2.23. The summed E-state index contributed by atoms with van der Waals surface area (Å²) in [6.07, 6.45) is -10.1. The lowest BCUT2D eigenvalue weighted by molar-refractivity contribution is -0.138. The second-order valence-electron chi connectivity index (χ2n) is 3.46. The Bertz CT molecular complexity index is 488. The molecule has 1 nitrogen and oxygen atoms in total. The van der Waals surface area contributed by atoms with Crippen LogP contribution in [-0.4, -0.2) is 12.0 Å². The van der Waals surface area contributed by atoms with E-state index in [4.69, 9.17) is 11.6 Å². The summed E-state index contributed by atoms with van der Waals surface area (Å²) in [7, 11) is 0. The summed E-state index contributed by atoms with van der Waals surface area (Å²) in [5.41, 5.74) is -2.92. The molecular weight excluding hydrogens is 286 g/mol. The molecule has 0 unspecified atom stereocenters. The van der Waals surface area contributed by atoms with Gasteiger partial charge in [0, 0.05) is 10.6 Å². The highest BCUT2D eigenvalue weighted by atomic mass is 35.5. The van der Waals surface area contributed by atoms with Crippen molar-refractivity contribution < 1.29 is 31.1 Å². The molecule has 0 aliphatic heterocycles. The molecule has 0 saturated carbocycles. The Labute approximate surface area is 102 Å². The second-order valence-corrected chi connectivity index (χ2v) is 3.86. The first-order valence-electron chi connectivity index (χ1n) is 4.43. The summed E-state index contributed by atoms with van der Waals surface area (Å²) < 4.78 is 73.9. The van der Waals surface area contributed by atoms with Gasteiger partial charge in [-0.3, -0.25) is 4.79 Å². The molecule has 0 aliphatic carbocycles. The molecule has 8 heteroatoms. The van der Waals surface area contributed by atoms with Crippen LogP contribution in [0.2, 0.25) is 5.02 Å². The zero-order valence-electron chi connectivity index (χ0n) is 8.71. The van der Waals surface area contributed by atoms with Crippen LogP contribution in [0.4, 0.5) is 26.3 Å². The van der Waals surface area contributed by atoms with E-state index in [2.05, 4.69) is 0 Å². The van der Waals surface area contributed by atoms with Crippen LogP contribution in [0.1, 0.15) is 21.5 Å². The molecule has 100 valence electrons. The van der Waals surface area contributed by atoms with Gasteiger partial charge in [0.15, 0.2) is 0 Å². The third-order valence-electron chi connectivity index (χ3n) is 2.17. The standard InChI is InChI=1S/C10H5ClF6O/c1-4-6(9(12,13)14)2-5(3-7(4)11)8(18)10(15,16)17/h2-3H,1H3. The Morgan fingerprint density at radius 1 is 1.11 bits per heavy atom. The van der Waals surface area contributed by atoms with E-state index >= 15 is 0 Å². The van der Waals surface area contributed by atoms with Gasteiger partial charge in [0.2, 0.25) is 0 Å². The van der Waals surface area contributed by atoms with E-state index in [1.165, 1.54) is 0 Å². The van der Waals surface area contributed by atoms with Gasteiger partial charge in [-0.25, -0.2) is 0 Å². The van der Waals surface area contributed by atoms with Crippen LogP contribution in [0.3, 0.4) is 0 Å². The summed E-state index contributed by atoms with van der Waals surface area (Å²) in [6, 6.07) is 0.721. The highest BCUT2D eigenvalue weighted by molar-refractivity contribution is 6.31. The molecule has 0 N–H and O–H groups in total. The van der Waals surface area contributed by atoms with Crippen molar-refractivity contribution in [2.75, 3.05) is 0 Å². The normalized spacial score (nSPS) is 12.7. The fraction of sp³-hybridized carbons (Fsp3) is 0.300. The van der Waals surface area contributed by atoms with Gasteiger partial charge in [-0.15, -0.1) is 0 Å². The van der Waals surface area contributed by atoms with Crippen LogP contribution in [0.5, 0.6) is 0 Å². The quantitative estimate of drug-likeness (QED) is 0.553. The van der Waals surface area contributed by atoms with E-state index in [0.717, 1.165) is 6.92 Å². The molecular formula is C10H5ClF6O. The van der Waals surface area contributed by atoms with E-state index in [0.29, 0.717) is 6.07 Å². The minimum Gasteiger partial charge on any atom is -0.284 e. The van der Waals surface area contributed by atoms with Gasteiger partial charge >= 0.3 is 12.4 Å². The molecule has 0 saturated heterocycles. The summed E-state index contributed by atoms with van der Waals surface area (Å²) in [5.74, 6) is -2.37. The zero-order chi connectivity index (χ0) is 14.3. The van der Waals surface area contributed by atoms with E-state index in [1.807, 2.05) is 0 Å². The molecule has 0 radical (unpaired) electrons. The maximum absolute atomic E-state index is 12.5. The first-order valence-corrected chi connectivity index (χ1v) is 4.81. The van der Waals surface area contributed by atoms with Crippen molar-refractivity contribution in [3.63, 3.8) is 0 Å². The summed E-state index contributed by atoms with van der Waals surface area (Å²) in [4.78, 5) is 10.9. The molecule has 0 aliphatic rings. The fourth-order valence-corrected chi connectivity index (χ4v) is 1.49. The Kier molecular flexibility index (Phi) is 3.67. The van der Waals surface area contributed by atoms with Crippen LogP contribution in [-0.2, 0) is 6.18 Å². The van der Waals surface area contributed by atoms with Crippen LogP contribution in [0, 0.1) is 6.92 Å². The maximum atomic E-state index is 12.5. The van der Waals surface area contributed by atoms with Crippen LogP contribution >= 0.6 is 11.6 Å². The summed E-state index contributed by atoms with van der Waals surface area (Å²) >= 11 is 5.40. The van der Waals surface area contributed by atoms with Crippen LogP contribution in [0.25, 0.3) is 0 Å². The predicted molar refractivity (Wildman–Crippen MR) is 51.6 cm³/mol. The van der Waals surface area contributed by atoms with Crippen molar-refractivity contribution in [1.29, 1.82) is 0 Å². The lowest BCUT2D eigenvalue weighted by atomic mass is 10.0. The molecule has 0 heterocycles. The van der Waals surface area contributed by atoms with Gasteiger partial charge in [-0.05, 0) is 24.6 Å².